The average molecular weight is 376 g/mol. The third kappa shape index (κ3) is 1.58. The lowest BCUT2D eigenvalue weighted by atomic mass is 10.00. The highest BCUT2D eigenvalue weighted by molar-refractivity contribution is 9.11. The summed E-state index contributed by atoms with van der Waals surface area (Å²) < 4.78 is 1.31. The second-order valence-electron chi connectivity index (χ2n) is 6.07. The first-order valence-electron chi connectivity index (χ1n) is 6.56. The zero-order valence-corrected chi connectivity index (χ0v) is 13.8. The maximum absolute atomic E-state index is 3.99. The number of thiophene rings is 1. The molecular formula is C14H16Br2S. The molecule has 0 nitrogen and oxygen atoms in total. The van der Waals surface area contributed by atoms with E-state index in [2.05, 4.69) is 44.8 Å². The zero-order chi connectivity index (χ0) is 11.7. The second-order valence-corrected chi connectivity index (χ2v) is 9.46. The van der Waals surface area contributed by atoms with Crippen LogP contribution < -0.4 is 0 Å². The van der Waals surface area contributed by atoms with E-state index in [0.29, 0.717) is 4.83 Å². The molecule has 4 rings (SSSR count). The Labute approximate surface area is 123 Å². The van der Waals surface area contributed by atoms with E-state index in [9.17, 15) is 0 Å². The van der Waals surface area contributed by atoms with Crippen LogP contribution in [0.15, 0.2) is 9.85 Å². The van der Waals surface area contributed by atoms with Crippen LogP contribution >= 0.6 is 43.2 Å². The van der Waals surface area contributed by atoms with Crippen LogP contribution in [0.1, 0.15) is 34.5 Å². The van der Waals surface area contributed by atoms with Gasteiger partial charge in [0, 0.05) is 4.88 Å². The molecule has 1 aromatic heterocycles. The van der Waals surface area contributed by atoms with E-state index >= 15 is 0 Å². The molecule has 3 saturated carbocycles. The lowest BCUT2D eigenvalue weighted by molar-refractivity contribution is 0.456. The van der Waals surface area contributed by atoms with Crippen LogP contribution in [0.2, 0.25) is 0 Å². The van der Waals surface area contributed by atoms with E-state index in [1.807, 2.05) is 11.3 Å². The van der Waals surface area contributed by atoms with Crippen molar-refractivity contribution >= 4 is 43.2 Å². The summed E-state index contributed by atoms with van der Waals surface area (Å²) in [5, 5.41) is 0. The minimum Gasteiger partial charge on any atom is -0.132 e. The molecule has 3 fully saturated rings. The van der Waals surface area contributed by atoms with Crippen LogP contribution in [-0.2, 0) is 0 Å². The van der Waals surface area contributed by atoms with E-state index in [4.69, 9.17) is 0 Å². The van der Waals surface area contributed by atoms with E-state index in [-0.39, 0.29) is 0 Å². The predicted octanol–water partition coefficient (Wildman–Crippen LogP) is 5.55. The Morgan fingerprint density at radius 1 is 1.29 bits per heavy atom. The monoisotopic (exact) mass is 374 g/mol. The molecule has 5 atom stereocenters. The smallest absolute Gasteiger partial charge is 0.0730 e. The Kier molecular flexibility index (Phi) is 2.59. The molecule has 5 unspecified atom stereocenters. The summed E-state index contributed by atoms with van der Waals surface area (Å²) in [5.74, 6) is 5.25. The van der Waals surface area contributed by atoms with Crippen LogP contribution in [0.5, 0.6) is 0 Å². The maximum Gasteiger partial charge on any atom is 0.0730 e. The molecular weight excluding hydrogens is 360 g/mol. The maximum atomic E-state index is 3.99. The first-order chi connectivity index (χ1) is 8.16. The van der Waals surface area contributed by atoms with Crippen molar-refractivity contribution in [3.8, 4) is 0 Å². The first kappa shape index (κ1) is 11.5. The van der Waals surface area contributed by atoms with Crippen molar-refractivity contribution in [2.24, 2.45) is 29.6 Å². The fraction of sp³-hybridized carbons (Fsp3) is 0.714. The minimum absolute atomic E-state index is 0.621. The van der Waals surface area contributed by atoms with Gasteiger partial charge < -0.3 is 0 Å². The van der Waals surface area contributed by atoms with Gasteiger partial charge in [0.2, 0.25) is 0 Å². The van der Waals surface area contributed by atoms with Gasteiger partial charge in [-0.05, 0) is 83.3 Å². The van der Waals surface area contributed by atoms with Gasteiger partial charge in [-0.3, -0.25) is 0 Å². The molecule has 0 amide bonds. The highest BCUT2D eigenvalue weighted by Gasteiger charge is 2.66. The van der Waals surface area contributed by atoms with Crippen molar-refractivity contribution in [2.75, 3.05) is 0 Å². The molecule has 17 heavy (non-hydrogen) atoms. The van der Waals surface area contributed by atoms with Gasteiger partial charge in [0.1, 0.15) is 0 Å². The summed E-state index contributed by atoms with van der Waals surface area (Å²) in [4.78, 5) is 2.16. The Balaban J connectivity index is 1.57. The van der Waals surface area contributed by atoms with Crippen molar-refractivity contribution in [1.29, 1.82) is 0 Å². The number of fused-ring (bicyclic) bond motifs is 5. The number of rotatable bonds is 2. The molecule has 0 N–H and O–H groups in total. The van der Waals surface area contributed by atoms with E-state index in [0.717, 1.165) is 29.6 Å². The Morgan fingerprint density at radius 3 is 2.47 bits per heavy atom. The number of hydrogen-bond donors (Lipinski definition) is 0. The fourth-order valence-corrected chi connectivity index (χ4v) is 7.32. The number of aryl methyl sites for hydroxylation is 1. The number of hydrogen-bond acceptors (Lipinski definition) is 1. The van der Waals surface area contributed by atoms with Gasteiger partial charge >= 0.3 is 0 Å². The van der Waals surface area contributed by atoms with Gasteiger partial charge in [-0.2, -0.15) is 0 Å². The van der Waals surface area contributed by atoms with Gasteiger partial charge in [0.15, 0.2) is 0 Å². The predicted molar refractivity (Wildman–Crippen MR) is 79.7 cm³/mol. The molecule has 0 saturated heterocycles. The van der Waals surface area contributed by atoms with E-state index in [1.54, 1.807) is 6.42 Å². The van der Waals surface area contributed by atoms with Gasteiger partial charge in [-0.15, -0.1) is 11.3 Å². The highest BCUT2D eigenvalue weighted by atomic mass is 79.9. The Hall–Kier alpha value is 0.660. The summed E-state index contributed by atoms with van der Waals surface area (Å²) in [6.07, 6.45) is 4.60. The van der Waals surface area contributed by atoms with Gasteiger partial charge in [0.05, 0.1) is 8.61 Å². The molecule has 0 aromatic carbocycles. The van der Waals surface area contributed by atoms with Crippen LogP contribution in [0.25, 0.3) is 0 Å². The van der Waals surface area contributed by atoms with Crippen molar-refractivity contribution in [3.63, 3.8) is 0 Å². The van der Waals surface area contributed by atoms with Gasteiger partial charge in [-0.1, -0.05) is 15.9 Å². The van der Waals surface area contributed by atoms with Crippen LogP contribution in [-0.4, -0.2) is 0 Å². The topological polar surface area (TPSA) is 0 Å². The summed E-state index contributed by atoms with van der Waals surface area (Å²) >= 11 is 9.56. The third-order valence-corrected chi connectivity index (χ3v) is 8.91. The van der Waals surface area contributed by atoms with E-state index < -0.39 is 0 Å². The standard InChI is InChI=1S/C14H16Br2S/c1-6-4-9(17-14(6)16)13(15)12-10-7-2-3-8(5-7)11(10)12/h4,7-8,10-13H,2-3,5H2,1H3. The molecule has 92 valence electrons. The van der Waals surface area contributed by atoms with Crippen molar-refractivity contribution in [1.82, 2.24) is 0 Å². The van der Waals surface area contributed by atoms with Crippen LogP contribution in [0.4, 0.5) is 0 Å². The van der Waals surface area contributed by atoms with Crippen molar-refractivity contribution in [2.45, 2.75) is 31.0 Å². The largest absolute Gasteiger partial charge is 0.132 e. The molecule has 2 bridgehead atoms. The normalized spacial score (nSPS) is 43.8. The number of halogens is 2. The lowest BCUT2D eigenvalue weighted by Gasteiger charge is -2.13. The lowest BCUT2D eigenvalue weighted by Crippen LogP contribution is -2.02. The molecule has 1 heterocycles. The second kappa shape index (κ2) is 3.83. The fourth-order valence-electron chi connectivity index (χ4n) is 4.59. The van der Waals surface area contributed by atoms with Crippen molar-refractivity contribution < 1.29 is 0 Å². The third-order valence-electron chi connectivity index (χ3n) is 5.28. The summed E-state index contributed by atoms with van der Waals surface area (Å²) in [6, 6.07) is 2.37. The highest BCUT2D eigenvalue weighted by Crippen LogP contribution is 2.73. The molecule has 0 aliphatic heterocycles. The summed E-state index contributed by atoms with van der Waals surface area (Å²) in [5.41, 5.74) is 1.39. The quantitative estimate of drug-likeness (QED) is 0.594. The molecule has 3 heteroatoms. The molecule has 0 radical (unpaired) electrons. The number of alkyl halides is 1. The molecule has 1 aromatic rings. The average Bonchev–Trinajstić information content (AvgIpc) is 2.60. The van der Waals surface area contributed by atoms with E-state index in [1.165, 1.54) is 27.1 Å². The van der Waals surface area contributed by atoms with Crippen molar-refractivity contribution in [3.05, 3.63) is 20.3 Å². The minimum atomic E-state index is 0.621. The van der Waals surface area contributed by atoms with Crippen LogP contribution in [0, 0.1) is 36.5 Å². The molecule has 0 spiro atoms. The summed E-state index contributed by atoms with van der Waals surface area (Å²) in [6.45, 7) is 2.20. The summed E-state index contributed by atoms with van der Waals surface area (Å²) in [7, 11) is 0. The Morgan fingerprint density at radius 2 is 1.94 bits per heavy atom. The Bertz CT molecular complexity index is 431. The molecule has 3 aliphatic carbocycles. The van der Waals surface area contributed by atoms with Gasteiger partial charge in [0.25, 0.3) is 0 Å². The molecule has 3 aliphatic rings. The zero-order valence-electron chi connectivity index (χ0n) is 9.83. The first-order valence-corrected chi connectivity index (χ1v) is 9.09. The van der Waals surface area contributed by atoms with Crippen LogP contribution in [0.3, 0.4) is 0 Å². The SMILES string of the molecule is Cc1cc(C(Br)C2C3C4CCC(C4)C32)sc1Br. The van der Waals surface area contributed by atoms with Gasteiger partial charge in [-0.25, -0.2) is 0 Å².